The Morgan fingerprint density at radius 1 is 1.10 bits per heavy atom. The molecule has 0 saturated carbocycles. The topological polar surface area (TPSA) is 85.2 Å². The first-order valence-electron chi connectivity index (χ1n) is 10.2. The van der Waals surface area contributed by atoms with Crippen molar-refractivity contribution >= 4 is 5.91 Å². The molecule has 8 nitrogen and oxygen atoms in total. The van der Waals surface area contributed by atoms with Crippen molar-refractivity contribution in [1.82, 2.24) is 30.0 Å². The summed E-state index contributed by atoms with van der Waals surface area (Å²) in [4.78, 5) is 19.1. The van der Waals surface area contributed by atoms with Gasteiger partial charge < -0.3 is 14.6 Å². The zero-order chi connectivity index (χ0) is 20.8. The lowest BCUT2D eigenvalue weighted by Crippen LogP contribution is -2.33. The molecule has 0 saturated heterocycles. The van der Waals surface area contributed by atoms with Gasteiger partial charge in [0.1, 0.15) is 11.6 Å². The largest absolute Gasteiger partial charge is 0.484 e. The van der Waals surface area contributed by atoms with Gasteiger partial charge in [-0.1, -0.05) is 24.3 Å². The normalized spacial score (nSPS) is 15.1. The summed E-state index contributed by atoms with van der Waals surface area (Å²) in [6, 6.07) is 15.0. The number of hydrogen-bond donors (Lipinski definition) is 1. The molecule has 3 aromatic rings. The molecule has 30 heavy (non-hydrogen) atoms. The number of hydrogen-bond acceptors (Lipinski definition) is 6. The molecule has 2 aromatic heterocycles. The second kappa shape index (κ2) is 9.49. The van der Waals surface area contributed by atoms with Gasteiger partial charge in [0.05, 0.1) is 11.7 Å². The summed E-state index contributed by atoms with van der Waals surface area (Å²) in [5.41, 5.74) is 1.06. The van der Waals surface area contributed by atoms with Crippen LogP contribution < -0.4 is 10.1 Å². The minimum absolute atomic E-state index is 0.0345. The quantitative estimate of drug-likeness (QED) is 0.646. The fraction of sp³-hybridized carbons (Fsp3) is 0.364. The van der Waals surface area contributed by atoms with Gasteiger partial charge in [-0.15, -0.1) is 10.2 Å². The lowest BCUT2D eigenvalue weighted by atomic mass is 10.3. The number of aromatic nitrogens is 4. The highest BCUT2D eigenvalue weighted by Gasteiger charge is 2.23. The van der Waals surface area contributed by atoms with Crippen LogP contribution >= 0.6 is 0 Å². The first-order chi connectivity index (χ1) is 14.7. The molecule has 1 atom stereocenters. The van der Waals surface area contributed by atoms with Crippen LogP contribution in [0.25, 0.3) is 0 Å². The molecule has 1 N–H and O–H groups in total. The summed E-state index contributed by atoms with van der Waals surface area (Å²) < 4.78 is 7.65. The fourth-order valence-corrected chi connectivity index (χ4v) is 3.60. The second-order valence-electron chi connectivity index (χ2n) is 7.36. The summed E-state index contributed by atoms with van der Waals surface area (Å²) in [7, 11) is 0. The van der Waals surface area contributed by atoms with Crippen molar-refractivity contribution in [3.8, 4) is 5.75 Å². The first-order valence-corrected chi connectivity index (χ1v) is 10.2. The van der Waals surface area contributed by atoms with Gasteiger partial charge >= 0.3 is 0 Å². The van der Waals surface area contributed by atoms with E-state index in [4.69, 9.17) is 4.74 Å². The van der Waals surface area contributed by atoms with Crippen molar-refractivity contribution in [2.75, 3.05) is 19.7 Å². The smallest absolute Gasteiger partial charge is 0.258 e. The van der Waals surface area contributed by atoms with Crippen molar-refractivity contribution < 1.29 is 9.53 Å². The van der Waals surface area contributed by atoms with E-state index >= 15 is 0 Å². The highest BCUT2D eigenvalue weighted by atomic mass is 16.5. The van der Waals surface area contributed by atoms with E-state index in [0.29, 0.717) is 5.75 Å². The van der Waals surface area contributed by atoms with Crippen molar-refractivity contribution in [1.29, 1.82) is 0 Å². The number of carbonyl (C=O) groups excluding carboxylic acids is 1. The van der Waals surface area contributed by atoms with Crippen LogP contribution in [0.5, 0.6) is 5.75 Å². The van der Waals surface area contributed by atoms with Crippen molar-refractivity contribution in [2.45, 2.75) is 32.5 Å². The van der Waals surface area contributed by atoms with Crippen LogP contribution in [-0.2, 0) is 24.3 Å². The van der Waals surface area contributed by atoms with Crippen LogP contribution in [0.4, 0.5) is 0 Å². The van der Waals surface area contributed by atoms with E-state index in [9.17, 15) is 4.79 Å². The number of pyridine rings is 1. The number of benzene rings is 1. The highest BCUT2D eigenvalue weighted by Crippen LogP contribution is 2.16. The minimum Gasteiger partial charge on any atom is -0.484 e. The predicted molar refractivity (Wildman–Crippen MR) is 112 cm³/mol. The monoisotopic (exact) mass is 406 g/mol. The Kier molecular flexibility index (Phi) is 6.34. The van der Waals surface area contributed by atoms with Gasteiger partial charge in [-0.25, -0.2) is 0 Å². The van der Waals surface area contributed by atoms with Crippen LogP contribution in [0.2, 0.25) is 0 Å². The molecule has 1 aliphatic heterocycles. The van der Waals surface area contributed by atoms with Gasteiger partial charge in [0.15, 0.2) is 12.4 Å². The van der Waals surface area contributed by atoms with E-state index in [1.807, 2.05) is 61.7 Å². The fourth-order valence-electron chi connectivity index (χ4n) is 3.60. The van der Waals surface area contributed by atoms with E-state index in [1.54, 1.807) is 0 Å². The lowest BCUT2D eigenvalue weighted by Gasteiger charge is -2.19. The molecule has 4 rings (SSSR count). The van der Waals surface area contributed by atoms with Crippen LogP contribution in [0, 0.1) is 0 Å². The molecule has 156 valence electrons. The third kappa shape index (κ3) is 5.01. The molecule has 3 heterocycles. The number of para-hydroxylation sites is 1. The molecule has 1 amide bonds. The molecule has 0 aliphatic carbocycles. The Balaban J connectivity index is 1.33. The molecule has 0 spiro atoms. The van der Waals surface area contributed by atoms with E-state index in [-0.39, 0.29) is 18.6 Å². The number of rotatable bonds is 7. The minimum atomic E-state index is -0.250. The number of amides is 1. The number of fused-ring (bicyclic) bond motifs is 1. The van der Waals surface area contributed by atoms with Gasteiger partial charge in [-0.2, -0.15) is 0 Å². The molecule has 0 bridgehead atoms. The van der Waals surface area contributed by atoms with Crippen LogP contribution in [0.3, 0.4) is 0 Å². The Hall–Kier alpha value is -3.26. The standard InChI is InChI=1S/C22H26N6O2/c1-17(24-21(29)16-30-19-8-3-2-4-9-19)22-26-25-20-10-12-27(13-14-28(20)22)15-18-7-5-6-11-23-18/h2-9,11,17H,10,12-16H2,1H3,(H,24,29). The van der Waals surface area contributed by atoms with E-state index in [1.165, 1.54) is 0 Å². The maximum Gasteiger partial charge on any atom is 0.258 e. The van der Waals surface area contributed by atoms with Crippen LogP contribution in [0.1, 0.15) is 30.3 Å². The van der Waals surface area contributed by atoms with Crippen LogP contribution in [-0.4, -0.2) is 50.3 Å². The van der Waals surface area contributed by atoms with E-state index in [0.717, 1.165) is 49.9 Å². The number of nitrogens with zero attached hydrogens (tertiary/aromatic N) is 5. The Morgan fingerprint density at radius 2 is 1.93 bits per heavy atom. The third-order valence-electron chi connectivity index (χ3n) is 5.14. The first kappa shape index (κ1) is 20.0. The van der Waals surface area contributed by atoms with E-state index in [2.05, 4.69) is 30.0 Å². The van der Waals surface area contributed by atoms with Gasteiger partial charge in [0, 0.05) is 38.8 Å². The second-order valence-corrected chi connectivity index (χ2v) is 7.36. The van der Waals surface area contributed by atoms with Gasteiger partial charge in [0.25, 0.3) is 5.91 Å². The number of ether oxygens (including phenoxy) is 1. The summed E-state index contributed by atoms with van der Waals surface area (Å²) in [5, 5.41) is 11.7. The van der Waals surface area contributed by atoms with Gasteiger partial charge in [0.2, 0.25) is 0 Å². The molecule has 0 radical (unpaired) electrons. The maximum absolute atomic E-state index is 12.3. The van der Waals surface area contributed by atoms with Crippen LogP contribution in [0.15, 0.2) is 54.7 Å². The molecule has 1 aromatic carbocycles. The molecular formula is C22H26N6O2. The third-order valence-corrected chi connectivity index (χ3v) is 5.14. The molecule has 1 aliphatic rings. The molecule has 1 unspecified atom stereocenters. The zero-order valence-electron chi connectivity index (χ0n) is 17.1. The van der Waals surface area contributed by atoms with Gasteiger partial charge in [-0.05, 0) is 31.2 Å². The summed E-state index contributed by atoms with van der Waals surface area (Å²) in [5.74, 6) is 2.21. The SMILES string of the molecule is CC(NC(=O)COc1ccccc1)c1nnc2n1CCN(Cc1ccccn1)CC2. The average Bonchev–Trinajstić information content (AvgIpc) is 3.08. The van der Waals surface area contributed by atoms with Crippen molar-refractivity contribution in [2.24, 2.45) is 0 Å². The average molecular weight is 406 g/mol. The molecule has 0 fully saturated rings. The zero-order valence-corrected chi connectivity index (χ0v) is 17.1. The Labute approximate surface area is 175 Å². The number of carbonyl (C=O) groups is 1. The summed E-state index contributed by atoms with van der Waals surface area (Å²) in [6.07, 6.45) is 2.64. The predicted octanol–water partition coefficient (Wildman–Crippen LogP) is 1.99. The highest BCUT2D eigenvalue weighted by molar-refractivity contribution is 5.77. The Morgan fingerprint density at radius 3 is 2.73 bits per heavy atom. The van der Waals surface area contributed by atoms with E-state index < -0.39 is 0 Å². The lowest BCUT2D eigenvalue weighted by molar-refractivity contribution is -0.123. The summed E-state index contributed by atoms with van der Waals surface area (Å²) in [6.45, 7) is 5.27. The van der Waals surface area contributed by atoms with Gasteiger partial charge in [-0.3, -0.25) is 14.7 Å². The number of nitrogens with one attached hydrogen (secondary N) is 1. The molecule has 8 heteroatoms. The van der Waals surface area contributed by atoms with Crippen molar-refractivity contribution in [3.63, 3.8) is 0 Å². The Bertz CT molecular complexity index is 960. The maximum atomic E-state index is 12.3. The molecular weight excluding hydrogens is 380 g/mol. The van der Waals surface area contributed by atoms with Crippen molar-refractivity contribution in [3.05, 3.63) is 72.1 Å². The summed E-state index contributed by atoms with van der Waals surface area (Å²) >= 11 is 0.